The summed E-state index contributed by atoms with van der Waals surface area (Å²) in [6.07, 6.45) is 6.22. The Hall–Kier alpha value is -4.58. The molecule has 2 amide bonds. The van der Waals surface area contributed by atoms with E-state index in [-0.39, 0.29) is 16.9 Å². The number of methoxy groups -OCH3 is 1. The minimum atomic E-state index is -3.61. The summed E-state index contributed by atoms with van der Waals surface area (Å²) in [4.78, 5) is 24.6. The Morgan fingerprint density at radius 3 is 2.27 bits per heavy atom. The maximum Gasteiger partial charge on any atom is 0.323 e. The Kier molecular flexibility index (Phi) is 8.82. The van der Waals surface area contributed by atoms with E-state index >= 15 is 0 Å². The number of aromatic nitrogens is 2. The predicted molar refractivity (Wildman–Crippen MR) is 175 cm³/mol. The molecule has 1 saturated heterocycles. The van der Waals surface area contributed by atoms with Crippen molar-refractivity contribution >= 4 is 49.8 Å². The molecule has 0 bridgehead atoms. The number of benzene rings is 3. The summed E-state index contributed by atoms with van der Waals surface area (Å²) in [7, 11) is -2.19. The standard InChI is InChI=1S/C32H38N6O5S/c1-32(2,3)21-19-25(29(42-4)26(20-21)37-44(5,40)41)35-31(39)34-24-13-14-27(23-12-8-7-11-22(23)24)43-28-15-16-33-30(36-28)38-17-9-6-10-18-38/h7-8,11-16,19-20,37H,6,9-10,17-18H2,1-5H3,(H2,34,35,39). The molecular weight excluding hydrogens is 580 g/mol. The van der Waals surface area contributed by atoms with Crippen molar-refractivity contribution in [2.24, 2.45) is 0 Å². The van der Waals surface area contributed by atoms with E-state index < -0.39 is 16.1 Å². The van der Waals surface area contributed by atoms with E-state index in [0.29, 0.717) is 29.0 Å². The van der Waals surface area contributed by atoms with Crippen LogP contribution >= 0.6 is 0 Å². The van der Waals surface area contributed by atoms with Gasteiger partial charge in [-0.05, 0) is 54.5 Å². The second kappa shape index (κ2) is 12.6. The highest BCUT2D eigenvalue weighted by Crippen LogP contribution is 2.40. The molecule has 44 heavy (non-hydrogen) atoms. The van der Waals surface area contributed by atoms with Gasteiger partial charge in [0.1, 0.15) is 5.75 Å². The number of nitrogens with zero attached hydrogens (tertiary/aromatic N) is 3. The molecule has 0 unspecified atom stereocenters. The number of ether oxygens (including phenoxy) is 2. The fourth-order valence-corrected chi connectivity index (χ4v) is 5.69. The smallest absolute Gasteiger partial charge is 0.323 e. The van der Waals surface area contributed by atoms with Crippen LogP contribution in [-0.4, -0.2) is 50.9 Å². The zero-order valence-corrected chi connectivity index (χ0v) is 26.4. The van der Waals surface area contributed by atoms with E-state index in [1.165, 1.54) is 13.5 Å². The highest BCUT2D eigenvalue weighted by Gasteiger charge is 2.23. The molecule has 0 saturated carbocycles. The molecule has 0 radical (unpaired) electrons. The number of carbonyl (C=O) groups is 1. The van der Waals surface area contributed by atoms with E-state index in [1.54, 1.807) is 36.5 Å². The molecule has 2 heterocycles. The monoisotopic (exact) mass is 618 g/mol. The number of anilines is 4. The number of carbonyl (C=O) groups excluding carboxylic acids is 1. The Morgan fingerprint density at radius 2 is 1.59 bits per heavy atom. The number of hydrogen-bond acceptors (Lipinski definition) is 8. The van der Waals surface area contributed by atoms with Gasteiger partial charge >= 0.3 is 6.03 Å². The summed E-state index contributed by atoms with van der Waals surface area (Å²) in [5.41, 5.74) is 1.58. The first kappa shape index (κ1) is 30.9. The van der Waals surface area contributed by atoms with E-state index in [4.69, 9.17) is 9.47 Å². The third kappa shape index (κ3) is 7.31. The highest BCUT2D eigenvalue weighted by atomic mass is 32.2. The van der Waals surface area contributed by atoms with Crippen LogP contribution in [-0.2, 0) is 15.4 Å². The van der Waals surface area contributed by atoms with Gasteiger partial charge < -0.3 is 25.0 Å². The molecule has 11 nitrogen and oxygen atoms in total. The van der Waals surface area contributed by atoms with E-state index in [1.807, 2.05) is 45.0 Å². The zero-order valence-electron chi connectivity index (χ0n) is 25.6. The number of sulfonamides is 1. The second-order valence-corrected chi connectivity index (χ2v) is 13.6. The van der Waals surface area contributed by atoms with Gasteiger partial charge in [0, 0.05) is 36.1 Å². The van der Waals surface area contributed by atoms with Crippen LogP contribution in [0.15, 0.2) is 60.8 Å². The number of amides is 2. The average Bonchev–Trinajstić information content (AvgIpc) is 2.97. The largest absolute Gasteiger partial charge is 0.492 e. The van der Waals surface area contributed by atoms with Crippen LogP contribution in [0.3, 0.4) is 0 Å². The summed E-state index contributed by atoms with van der Waals surface area (Å²) in [5.74, 6) is 1.88. The highest BCUT2D eigenvalue weighted by molar-refractivity contribution is 7.92. The van der Waals surface area contributed by atoms with Gasteiger partial charge in [-0.25, -0.2) is 18.2 Å². The van der Waals surface area contributed by atoms with Gasteiger partial charge in [-0.3, -0.25) is 4.72 Å². The lowest BCUT2D eigenvalue weighted by Gasteiger charge is -2.26. The van der Waals surface area contributed by atoms with Crippen molar-refractivity contribution in [1.82, 2.24) is 9.97 Å². The molecule has 232 valence electrons. The van der Waals surface area contributed by atoms with Crippen LogP contribution in [0.2, 0.25) is 0 Å². The molecule has 1 aliphatic rings. The van der Waals surface area contributed by atoms with Crippen LogP contribution in [0.25, 0.3) is 10.8 Å². The second-order valence-electron chi connectivity index (χ2n) is 11.8. The quantitative estimate of drug-likeness (QED) is 0.198. The fourth-order valence-electron chi connectivity index (χ4n) is 5.14. The Morgan fingerprint density at radius 1 is 0.909 bits per heavy atom. The maximum atomic E-state index is 13.3. The fraction of sp³-hybridized carbons (Fsp3) is 0.344. The number of rotatable bonds is 8. The first-order chi connectivity index (χ1) is 20.9. The Balaban J connectivity index is 1.41. The summed E-state index contributed by atoms with van der Waals surface area (Å²) < 4.78 is 38.4. The predicted octanol–water partition coefficient (Wildman–Crippen LogP) is 6.73. The van der Waals surface area contributed by atoms with Crippen molar-refractivity contribution in [2.75, 3.05) is 46.7 Å². The maximum absolute atomic E-state index is 13.3. The van der Waals surface area contributed by atoms with Crippen LogP contribution in [0, 0.1) is 0 Å². The van der Waals surface area contributed by atoms with E-state index in [9.17, 15) is 13.2 Å². The lowest BCUT2D eigenvalue weighted by molar-refractivity contribution is 0.262. The van der Waals surface area contributed by atoms with Crippen LogP contribution in [0.4, 0.5) is 27.8 Å². The third-order valence-electron chi connectivity index (χ3n) is 7.31. The summed E-state index contributed by atoms with van der Waals surface area (Å²) >= 11 is 0. The van der Waals surface area contributed by atoms with Crippen LogP contribution in [0.1, 0.15) is 45.6 Å². The normalized spacial score (nSPS) is 13.8. The lowest BCUT2D eigenvalue weighted by atomic mass is 9.86. The SMILES string of the molecule is COc1c(NC(=O)Nc2ccc(Oc3ccnc(N4CCCCC4)n3)c3ccccc23)cc(C(C)(C)C)cc1NS(C)(=O)=O. The van der Waals surface area contributed by atoms with Gasteiger partial charge in [-0.15, -0.1) is 0 Å². The van der Waals surface area contributed by atoms with Crippen LogP contribution < -0.4 is 29.7 Å². The lowest BCUT2D eigenvalue weighted by Crippen LogP contribution is -2.30. The molecule has 4 aromatic rings. The average molecular weight is 619 g/mol. The molecule has 1 fully saturated rings. The third-order valence-corrected chi connectivity index (χ3v) is 7.90. The summed E-state index contributed by atoms with van der Waals surface area (Å²) in [5, 5.41) is 7.32. The van der Waals surface area contributed by atoms with Gasteiger partial charge in [0.2, 0.25) is 21.9 Å². The molecule has 1 aromatic heterocycles. The number of piperidine rings is 1. The van der Waals surface area contributed by atoms with Crippen molar-refractivity contribution in [3.8, 4) is 17.4 Å². The van der Waals surface area contributed by atoms with Crippen molar-refractivity contribution in [2.45, 2.75) is 45.4 Å². The Labute approximate surface area is 258 Å². The summed E-state index contributed by atoms with van der Waals surface area (Å²) in [6, 6.07) is 15.8. The van der Waals surface area contributed by atoms with Gasteiger partial charge in [-0.1, -0.05) is 45.0 Å². The molecule has 0 spiro atoms. The van der Waals surface area contributed by atoms with Crippen molar-refractivity contribution in [3.05, 3.63) is 66.4 Å². The molecule has 1 aliphatic heterocycles. The molecule has 3 N–H and O–H groups in total. The first-order valence-corrected chi connectivity index (χ1v) is 16.4. The van der Waals surface area contributed by atoms with Crippen molar-refractivity contribution in [3.63, 3.8) is 0 Å². The van der Waals surface area contributed by atoms with Crippen molar-refractivity contribution in [1.29, 1.82) is 0 Å². The molecule has 0 aliphatic carbocycles. The minimum absolute atomic E-state index is 0.195. The van der Waals surface area contributed by atoms with Crippen molar-refractivity contribution < 1.29 is 22.7 Å². The van der Waals surface area contributed by atoms with Crippen LogP contribution in [0.5, 0.6) is 17.4 Å². The Bertz CT molecular complexity index is 1780. The summed E-state index contributed by atoms with van der Waals surface area (Å²) in [6.45, 7) is 7.84. The van der Waals surface area contributed by atoms with Gasteiger partial charge in [0.25, 0.3) is 0 Å². The molecule has 12 heteroatoms. The number of fused-ring (bicyclic) bond motifs is 1. The molecule has 5 rings (SSSR count). The zero-order chi connectivity index (χ0) is 31.5. The van der Waals surface area contributed by atoms with E-state index in [2.05, 4.69) is 30.2 Å². The van der Waals surface area contributed by atoms with Gasteiger partial charge in [0.05, 0.1) is 30.4 Å². The van der Waals surface area contributed by atoms with Gasteiger partial charge in [-0.2, -0.15) is 4.98 Å². The topological polar surface area (TPSA) is 135 Å². The van der Waals surface area contributed by atoms with E-state index in [0.717, 1.165) is 48.5 Å². The first-order valence-electron chi connectivity index (χ1n) is 14.5. The number of hydrogen-bond donors (Lipinski definition) is 3. The molecule has 0 atom stereocenters. The molecule has 3 aromatic carbocycles. The van der Waals surface area contributed by atoms with Gasteiger partial charge in [0.15, 0.2) is 5.75 Å². The number of nitrogens with one attached hydrogen (secondary N) is 3. The minimum Gasteiger partial charge on any atom is -0.492 e. The molecular formula is C32H38N6O5S. The number of urea groups is 1.